The number of benzene rings is 2. The van der Waals surface area contributed by atoms with Gasteiger partial charge < -0.3 is 18.9 Å². The summed E-state index contributed by atoms with van der Waals surface area (Å²) in [4.78, 5) is 24.5. The van der Waals surface area contributed by atoms with Gasteiger partial charge in [-0.25, -0.2) is 9.59 Å². The fourth-order valence-electron chi connectivity index (χ4n) is 2.72. The highest BCUT2D eigenvalue weighted by molar-refractivity contribution is 6.30. The number of hydrogen-bond acceptors (Lipinski definition) is 6. The second-order valence-corrected chi connectivity index (χ2v) is 7.00. The quantitative estimate of drug-likeness (QED) is 0.648. The van der Waals surface area contributed by atoms with Crippen molar-refractivity contribution >= 4 is 35.1 Å². The van der Waals surface area contributed by atoms with E-state index in [-0.39, 0.29) is 6.61 Å². The smallest absolute Gasteiger partial charge is 0.338 e. The maximum atomic E-state index is 12.4. The van der Waals surface area contributed by atoms with Gasteiger partial charge in [0.25, 0.3) is 0 Å². The van der Waals surface area contributed by atoms with Crippen molar-refractivity contribution in [1.29, 1.82) is 0 Å². The molecule has 1 aliphatic rings. The number of carbonyl (C=O) groups excluding carboxylic acids is 2. The average Bonchev–Trinajstić information content (AvgIpc) is 3.09. The number of hydrogen-bond donors (Lipinski definition) is 0. The summed E-state index contributed by atoms with van der Waals surface area (Å²) in [5, 5.41) is 1.04. The topological polar surface area (TPSA) is 71.1 Å². The van der Waals surface area contributed by atoms with Crippen LogP contribution in [0.2, 0.25) is 10.0 Å². The molecule has 2 aromatic carbocycles. The highest BCUT2D eigenvalue weighted by Crippen LogP contribution is 2.26. The van der Waals surface area contributed by atoms with E-state index in [4.69, 9.17) is 42.1 Å². The molecule has 0 spiro atoms. The van der Waals surface area contributed by atoms with E-state index in [2.05, 4.69) is 0 Å². The van der Waals surface area contributed by atoms with E-state index in [0.29, 0.717) is 27.6 Å². The predicted molar refractivity (Wildman–Crippen MR) is 103 cm³/mol. The van der Waals surface area contributed by atoms with E-state index >= 15 is 0 Å². The molecule has 0 saturated carbocycles. The van der Waals surface area contributed by atoms with Crippen molar-refractivity contribution in [3.05, 3.63) is 69.7 Å². The van der Waals surface area contributed by atoms with E-state index in [9.17, 15) is 9.59 Å². The van der Waals surface area contributed by atoms with E-state index in [0.717, 1.165) is 0 Å². The number of halogens is 2. The van der Waals surface area contributed by atoms with E-state index in [1.807, 2.05) is 0 Å². The standard InChI is InChI=1S/C20H18Cl2O6/c1-25-18-10-16(28-20(24)13-4-8-15(22)9-5-13)17(27-18)11-26-19(23)12-2-6-14(21)7-3-12/h2-9,16-18H,10-11H2,1H3/t16-,17-,18-/m1/s1. The summed E-state index contributed by atoms with van der Waals surface area (Å²) in [6.07, 6.45) is -1.48. The maximum Gasteiger partial charge on any atom is 0.338 e. The molecule has 3 rings (SSSR count). The van der Waals surface area contributed by atoms with Crippen molar-refractivity contribution in [1.82, 2.24) is 0 Å². The zero-order valence-electron chi connectivity index (χ0n) is 15.0. The number of rotatable bonds is 6. The molecule has 1 fully saturated rings. The van der Waals surface area contributed by atoms with Gasteiger partial charge in [-0.05, 0) is 48.5 Å². The van der Waals surface area contributed by atoms with E-state index in [1.54, 1.807) is 48.5 Å². The van der Waals surface area contributed by atoms with Crippen molar-refractivity contribution in [2.45, 2.75) is 24.9 Å². The van der Waals surface area contributed by atoms with Crippen LogP contribution < -0.4 is 0 Å². The summed E-state index contributed by atoms with van der Waals surface area (Å²) in [5.41, 5.74) is 0.725. The molecule has 148 valence electrons. The third-order valence-electron chi connectivity index (χ3n) is 4.23. The van der Waals surface area contributed by atoms with Gasteiger partial charge in [-0.1, -0.05) is 23.2 Å². The molecule has 0 bridgehead atoms. The largest absolute Gasteiger partial charge is 0.459 e. The van der Waals surface area contributed by atoms with Crippen LogP contribution in [0.5, 0.6) is 0 Å². The molecule has 0 amide bonds. The molecule has 0 aliphatic carbocycles. The summed E-state index contributed by atoms with van der Waals surface area (Å²) in [5.74, 6) is -1.04. The minimum atomic E-state index is -0.641. The lowest BCUT2D eigenvalue weighted by Crippen LogP contribution is -2.32. The Balaban J connectivity index is 1.61. The van der Waals surface area contributed by atoms with Crippen LogP contribution in [-0.4, -0.2) is 44.2 Å². The first kappa shape index (κ1) is 20.6. The molecular weight excluding hydrogens is 407 g/mol. The second-order valence-electron chi connectivity index (χ2n) is 6.13. The van der Waals surface area contributed by atoms with Crippen LogP contribution >= 0.6 is 23.2 Å². The van der Waals surface area contributed by atoms with Crippen LogP contribution in [0, 0.1) is 0 Å². The van der Waals surface area contributed by atoms with Crippen LogP contribution in [0.15, 0.2) is 48.5 Å². The third-order valence-corrected chi connectivity index (χ3v) is 4.73. The monoisotopic (exact) mass is 424 g/mol. The minimum Gasteiger partial charge on any atom is -0.459 e. The third kappa shape index (κ3) is 5.23. The lowest BCUT2D eigenvalue weighted by molar-refractivity contribution is -0.128. The Labute approximate surface area is 172 Å². The summed E-state index contributed by atoms with van der Waals surface area (Å²) < 4.78 is 21.7. The molecule has 2 aromatic rings. The normalized spacial score (nSPS) is 21.3. The van der Waals surface area contributed by atoms with Gasteiger partial charge in [0.1, 0.15) is 18.8 Å². The molecule has 0 aromatic heterocycles. The van der Waals surface area contributed by atoms with E-state index in [1.165, 1.54) is 7.11 Å². The summed E-state index contributed by atoms with van der Waals surface area (Å²) in [6.45, 7) is -0.0834. The first-order valence-corrected chi connectivity index (χ1v) is 9.29. The molecule has 0 N–H and O–H groups in total. The SMILES string of the molecule is CO[C@H]1C[C@@H](OC(=O)c2ccc(Cl)cc2)[C@@H](COC(=O)c2ccc(Cl)cc2)O1. The lowest BCUT2D eigenvalue weighted by atomic mass is 10.1. The van der Waals surface area contributed by atoms with Crippen LogP contribution in [0.3, 0.4) is 0 Å². The Morgan fingerprint density at radius 3 is 2.04 bits per heavy atom. The average molecular weight is 425 g/mol. The van der Waals surface area contributed by atoms with Gasteiger partial charge in [0.15, 0.2) is 6.29 Å². The van der Waals surface area contributed by atoms with Gasteiger partial charge in [0.05, 0.1) is 11.1 Å². The first-order chi connectivity index (χ1) is 13.5. The highest BCUT2D eigenvalue weighted by atomic mass is 35.5. The molecule has 6 nitrogen and oxygen atoms in total. The number of methoxy groups -OCH3 is 1. The fourth-order valence-corrected chi connectivity index (χ4v) is 2.97. The van der Waals surface area contributed by atoms with Crippen LogP contribution in [0.1, 0.15) is 27.1 Å². The van der Waals surface area contributed by atoms with Crippen molar-refractivity contribution in [3.63, 3.8) is 0 Å². The molecule has 0 radical (unpaired) electrons. The number of esters is 2. The van der Waals surface area contributed by atoms with Crippen molar-refractivity contribution < 1.29 is 28.5 Å². The zero-order chi connectivity index (χ0) is 20.1. The van der Waals surface area contributed by atoms with Crippen molar-refractivity contribution in [2.75, 3.05) is 13.7 Å². The van der Waals surface area contributed by atoms with Crippen LogP contribution in [0.4, 0.5) is 0 Å². The van der Waals surface area contributed by atoms with Crippen molar-refractivity contribution in [3.8, 4) is 0 Å². The summed E-state index contributed by atoms with van der Waals surface area (Å²) in [6, 6.07) is 12.7. The molecule has 3 atom stereocenters. The molecular formula is C20H18Cl2O6. The van der Waals surface area contributed by atoms with Crippen molar-refractivity contribution in [2.24, 2.45) is 0 Å². The Morgan fingerprint density at radius 1 is 0.964 bits per heavy atom. The fraction of sp³-hybridized carbons (Fsp3) is 0.300. The molecule has 1 saturated heterocycles. The van der Waals surface area contributed by atoms with Gasteiger partial charge in [-0.15, -0.1) is 0 Å². The second kappa shape index (κ2) is 9.39. The van der Waals surface area contributed by atoms with Gasteiger partial charge >= 0.3 is 11.9 Å². The van der Waals surface area contributed by atoms with E-state index < -0.39 is 30.4 Å². The predicted octanol–water partition coefficient (Wildman–Crippen LogP) is 4.14. The molecule has 28 heavy (non-hydrogen) atoms. The first-order valence-electron chi connectivity index (χ1n) is 8.54. The maximum absolute atomic E-state index is 12.4. The minimum absolute atomic E-state index is 0.0834. The Morgan fingerprint density at radius 2 is 1.50 bits per heavy atom. The zero-order valence-corrected chi connectivity index (χ0v) is 16.5. The Kier molecular flexibility index (Phi) is 6.91. The molecule has 1 aliphatic heterocycles. The van der Waals surface area contributed by atoms with Gasteiger partial charge in [-0.3, -0.25) is 0 Å². The van der Waals surface area contributed by atoms with Gasteiger partial charge in [0, 0.05) is 23.6 Å². The lowest BCUT2D eigenvalue weighted by Gasteiger charge is -2.18. The molecule has 0 unspecified atom stereocenters. The van der Waals surface area contributed by atoms with Gasteiger partial charge in [-0.2, -0.15) is 0 Å². The summed E-state index contributed by atoms with van der Waals surface area (Å²) in [7, 11) is 1.49. The van der Waals surface area contributed by atoms with Crippen LogP contribution in [0.25, 0.3) is 0 Å². The van der Waals surface area contributed by atoms with Crippen LogP contribution in [-0.2, 0) is 18.9 Å². The molecule has 8 heteroatoms. The Bertz CT molecular complexity index is 822. The number of carbonyl (C=O) groups is 2. The van der Waals surface area contributed by atoms with Gasteiger partial charge in [0.2, 0.25) is 0 Å². The Hall–Kier alpha value is -2.12. The molecule has 1 heterocycles. The number of ether oxygens (including phenoxy) is 4. The summed E-state index contributed by atoms with van der Waals surface area (Å²) >= 11 is 11.6. The highest BCUT2D eigenvalue weighted by Gasteiger charge is 2.39.